The molecule has 0 saturated carbocycles. The van der Waals surface area contributed by atoms with Gasteiger partial charge in [-0.25, -0.2) is 0 Å². The predicted octanol–water partition coefficient (Wildman–Crippen LogP) is 1.90. The van der Waals surface area contributed by atoms with Crippen LogP contribution in [0.15, 0.2) is 18.2 Å². The molecule has 0 radical (unpaired) electrons. The second kappa shape index (κ2) is 4.61. The molecule has 13 heavy (non-hydrogen) atoms. The average molecular weight is 200 g/mol. The van der Waals surface area contributed by atoms with Gasteiger partial charge in [0, 0.05) is 11.6 Å². The molecule has 0 fully saturated rings. The minimum atomic E-state index is -0.457. The molecule has 0 aliphatic rings. The van der Waals surface area contributed by atoms with Crippen molar-refractivity contribution in [2.75, 3.05) is 13.6 Å². The van der Waals surface area contributed by atoms with E-state index in [9.17, 15) is 5.11 Å². The van der Waals surface area contributed by atoms with Gasteiger partial charge in [-0.1, -0.05) is 23.7 Å². The van der Waals surface area contributed by atoms with E-state index in [4.69, 9.17) is 11.6 Å². The Morgan fingerprint density at radius 3 is 2.77 bits per heavy atom. The molecule has 1 unspecified atom stereocenters. The summed E-state index contributed by atoms with van der Waals surface area (Å²) in [6, 6.07) is 5.56. The van der Waals surface area contributed by atoms with E-state index in [0.717, 1.165) is 16.1 Å². The third-order valence-electron chi connectivity index (χ3n) is 1.96. The molecular weight excluding hydrogens is 186 g/mol. The van der Waals surface area contributed by atoms with Gasteiger partial charge in [0.2, 0.25) is 0 Å². The van der Waals surface area contributed by atoms with Gasteiger partial charge in [0.25, 0.3) is 0 Å². The Morgan fingerprint density at radius 2 is 2.23 bits per heavy atom. The van der Waals surface area contributed by atoms with Crippen molar-refractivity contribution >= 4 is 11.6 Å². The molecular formula is C10H14ClNO. The van der Waals surface area contributed by atoms with E-state index in [0.29, 0.717) is 6.54 Å². The van der Waals surface area contributed by atoms with Gasteiger partial charge in [0.1, 0.15) is 0 Å². The lowest BCUT2D eigenvalue weighted by molar-refractivity contribution is 0.177. The number of aryl methyl sites for hydroxylation is 1. The number of benzene rings is 1. The number of nitrogens with one attached hydrogen (secondary N) is 1. The normalized spacial score (nSPS) is 12.9. The number of hydrogen-bond donors (Lipinski definition) is 2. The fourth-order valence-electron chi connectivity index (χ4n) is 1.19. The maximum Gasteiger partial charge on any atom is 0.0914 e. The molecule has 2 nitrogen and oxygen atoms in total. The summed E-state index contributed by atoms with van der Waals surface area (Å²) in [6.45, 7) is 2.49. The van der Waals surface area contributed by atoms with E-state index in [2.05, 4.69) is 5.32 Å². The summed E-state index contributed by atoms with van der Waals surface area (Å²) < 4.78 is 0. The first-order valence-electron chi connectivity index (χ1n) is 4.24. The first-order chi connectivity index (χ1) is 6.15. The Bertz CT molecular complexity index is 288. The van der Waals surface area contributed by atoms with Crippen LogP contribution in [0.4, 0.5) is 0 Å². The summed E-state index contributed by atoms with van der Waals surface area (Å²) >= 11 is 5.87. The average Bonchev–Trinajstić information content (AvgIpc) is 2.10. The summed E-state index contributed by atoms with van der Waals surface area (Å²) in [7, 11) is 1.81. The number of hydrogen-bond acceptors (Lipinski definition) is 2. The number of rotatable bonds is 3. The molecule has 2 N–H and O–H groups in total. The van der Waals surface area contributed by atoms with E-state index in [1.54, 1.807) is 0 Å². The van der Waals surface area contributed by atoms with Crippen LogP contribution in [0, 0.1) is 6.92 Å². The zero-order valence-electron chi connectivity index (χ0n) is 7.84. The summed E-state index contributed by atoms with van der Waals surface area (Å²) in [5, 5.41) is 13.3. The van der Waals surface area contributed by atoms with E-state index >= 15 is 0 Å². The van der Waals surface area contributed by atoms with Gasteiger partial charge in [0.15, 0.2) is 0 Å². The summed E-state index contributed by atoms with van der Waals surface area (Å²) in [5.41, 5.74) is 1.89. The molecule has 1 aromatic carbocycles. The lowest BCUT2D eigenvalue weighted by Crippen LogP contribution is -2.16. The third kappa shape index (κ3) is 2.69. The summed E-state index contributed by atoms with van der Waals surface area (Å²) in [6.07, 6.45) is -0.457. The van der Waals surface area contributed by atoms with Gasteiger partial charge < -0.3 is 10.4 Å². The Labute approximate surface area is 83.5 Å². The molecule has 0 aliphatic heterocycles. The molecule has 0 saturated heterocycles. The van der Waals surface area contributed by atoms with Crippen LogP contribution < -0.4 is 5.32 Å². The van der Waals surface area contributed by atoms with Crippen LogP contribution in [0.3, 0.4) is 0 Å². The molecule has 72 valence electrons. The molecule has 0 aliphatic carbocycles. The quantitative estimate of drug-likeness (QED) is 0.780. The molecule has 0 heterocycles. The largest absolute Gasteiger partial charge is 0.387 e. The fourth-order valence-corrected chi connectivity index (χ4v) is 1.30. The van der Waals surface area contributed by atoms with Crippen LogP contribution in [-0.2, 0) is 0 Å². The Morgan fingerprint density at radius 1 is 1.54 bits per heavy atom. The van der Waals surface area contributed by atoms with Crippen LogP contribution in [0.5, 0.6) is 0 Å². The maximum absolute atomic E-state index is 9.63. The molecule has 1 atom stereocenters. The first kappa shape index (κ1) is 10.5. The monoisotopic (exact) mass is 199 g/mol. The zero-order valence-corrected chi connectivity index (χ0v) is 8.60. The lowest BCUT2D eigenvalue weighted by Gasteiger charge is -2.11. The van der Waals surface area contributed by atoms with Crippen molar-refractivity contribution in [1.29, 1.82) is 0 Å². The second-order valence-electron chi connectivity index (χ2n) is 3.08. The highest BCUT2D eigenvalue weighted by molar-refractivity contribution is 6.31. The number of halogens is 1. The zero-order chi connectivity index (χ0) is 9.84. The number of likely N-dealkylation sites (N-methyl/N-ethyl adjacent to an activating group) is 1. The molecule has 0 amide bonds. The predicted molar refractivity (Wildman–Crippen MR) is 55.1 cm³/mol. The van der Waals surface area contributed by atoms with Crippen molar-refractivity contribution in [3.8, 4) is 0 Å². The second-order valence-corrected chi connectivity index (χ2v) is 3.49. The molecule has 1 aromatic rings. The Balaban J connectivity index is 2.84. The highest BCUT2D eigenvalue weighted by atomic mass is 35.5. The highest BCUT2D eigenvalue weighted by Gasteiger charge is 2.06. The van der Waals surface area contributed by atoms with Crippen molar-refractivity contribution in [2.45, 2.75) is 13.0 Å². The van der Waals surface area contributed by atoms with Crippen molar-refractivity contribution in [2.24, 2.45) is 0 Å². The summed E-state index contributed by atoms with van der Waals surface area (Å²) in [4.78, 5) is 0. The Kier molecular flexibility index (Phi) is 3.72. The minimum absolute atomic E-state index is 0.457. The highest BCUT2D eigenvalue weighted by Crippen LogP contribution is 2.20. The molecule has 1 rings (SSSR count). The van der Waals surface area contributed by atoms with Gasteiger partial charge in [-0.05, 0) is 31.2 Å². The van der Waals surface area contributed by atoms with Gasteiger partial charge in [-0.2, -0.15) is 0 Å². The van der Waals surface area contributed by atoms with Gasteiger partial charge in [-0.15, -0.1) is 0 Å². The van der Waals surface area contributed by atoms with Gasteiger partial charge in [-0.3, -0.25) is 0 Å². The first-order valence-corrected chi connectivity index (χ1v) is 4.61. The third-order valence-corrected chi connectivity index (χ3v) is 2.39. The van der Waals surface area contributed by atoms with Crippen LogP contribution in [0.1, 0.15) is 17.2 Å². The van der Waals surface area contributed by atoms with Gasteiger partial charge in [0.05, 0.1) is 6.10 Å². The number of aliphatic hydroxyl groups excluding tert-OH is 1. The SMILES string of the molecule is CNCC(O)c1ccc(Cl)c(C)c1. The van der Waals surface area contributed by atoms with Crippen molar-refractivity contribution in [3.63, 3.8) is 0 Å². The van der Waals surface area contributed by atoms with Crippen molar-refractivity contribution < 1.29 is 5.11 Å². The van der Waals surface area contributed by atoms with E-state index in [1.165, 1.54) is 0 Å². The molecule has 0 bridgehead atoms. The van der Waals surface area contributed by atoms with Crippen LogP contribution in [0.25, 0.3) is 0 Å². The van der Waals surface area contributed by atoms with E-state index in [1.807, 2.05) is 32.2 Å². The van der Waals surface area contributed by atoms with Crippen LogP contribution in [-0.4, -0.2) is 18.7 Å². The number of aliphatic hydroxyl groups is 1. The smallest absolute Gasteiger partial charge is 0.0914 e. The molecule has 0 aromatic heterocycles. The van der Waals surface area contributed by atoms with Crippen molar-refractivity contribution in [1.82, 2.24) is 5.32 Å². The summed E-state index contributed by atoms with van der Waals surface area (Å²) in [5.74, 6) is 0. The lowest BCUT2D eigenvalue weighted by atomic mass is 10.1. The van der Waals surface area contributed by atoms with Gasteiger partial charge >= 0.3 is 0 Å². The maximum atomic E-state index is 9.63. The standard InChI is InChI=1S/C10H14ClNO/c1-7-5-8(3-4-9(7)11)10(13)6-12-2/h3-5,10,12-13H,6H2,1-2H3. The van der Waals surface area contributed by atoms with E-state index in [-0.39, 0.29) is 0 Å². The van der Waals surface area contributed by atoms with E-state index < -0.39 is 6.10 Å². The molecule has 0 spiro atoms. The van der Waals surface area contributed by atoms with Crippen LogP contribution in [0.2, 0.25) is 5.02 Å². The minimum Gasteiger partial charge on any atom is -0.387 e. The van der Waals surface area contributed by atoms with Crippen LogP contribution >= 0.6 is 11.6 Å². The molecule has 3 heteroatoms. The van der Waals surface area contributed by atoms with Crippen molar-refractivity contribution in [3.05, 3.63) is 34.3 Å². The topological polar surface area (TPSA) is 32.3 Å². The fraction of sp³-hybridized carbons (Fsp3) is 0.400. The Hall–Kier alpha value is -0.570.